The first kappa shape index (κ1) is 10.7. The third-order valence-electron chi connectivity index (χ3n) is 3.46. The highest BCUT2D eigenvalue weighted by Gasteiger charge is 2.31. The number of nitrogens with one attached hydrogen (secondary N) is 1. The Bertz CT molecular complexity index is 240. The summed E-state index contributed by atoms with van der Waals surface area (Å²) in [5.41, 5.74) is 0. The van der Waals surface area contributed by atoms with Crippen molar-refractivity contribution in [2.45, 2.75) is 31.7 Å². The third kappa shape index (κ3) is 3.06. The Morgan fingerprint density at radius 2 is 2.00 bits per heavy atom. The highest BCUT2D eigenvalue weighted by atomic mass is 16.1. The largest absolute Gasteiger partial charge is 0.352 e. The molecule has 0 atom stereocenters. The van der Waals surface area contributed by atoms with Crippen LogP contribution in [0.5, 0.6) is 0 Å². The van der Waals surface area contributed by atoms with E-state index in [1.54, 1.807) is 0 Å². The minimum atomic E-state index is -0.0420. The lowest BCUT2D eigenvalue weighted by atomic mass is 9.96. The van der Waals surface area contributed by atoms with E-state index in [9.17, 15) is 4.79 Å². The molecule has 1 heterocycles. The molecule has 2 fully saturated rings. The monoisotopic (exact) mass is 208 g/mol. The van der Waals surface area contributed by atoms with Crippen LogP contribution in [0.4, 0.5) is 0 Å². The lowest BCUT2D eigenvalue weighted by Gasteiger charge is -2.31. The van der Waals surface area contributed by atoms with Gasteiger partial charge in [-0.25, -0.2) is 0 Å². The number of piperidine rings is 1. The minimum Gasteiger partial charge on any atom is -0.352 e. The zero-order valence-corrected chi connectivity index (χ0v) is 9.24. The molecule has 2 aliphatic rings. The lowest BCUT2D eigenvalue weighted by molar-refractivity contribution is -0.116. The highest BCUT2D eigenvalue weighted by Crippen LogP contribution is 2.30. The molecule has 3 heteroatoms. The van der Waals surface area contributed by atoms with E-state index in [0.29, 0.717) is 5.92 Å². The molecule has 84 valence electrons. The maximum Gasteiger partial charge on any atom is 0.243 e. The van der Waals surface area contributed by atoms with Gasteiger partial charge in [-0.3, -0.25) is 4.79 Å². The Kier molecular flexibility index (Phi) is 3.41. The molecule has 0 aromatic heterocycles. The smallest absolute Gasteiger partial charge is 0.243 e. The SMILES string of the molecule is C=CC(=O)NCC1CCN(C2CC2)CC1. The number of rotatable bonds is 4. The van der Waals surface area contributed by atoms with E-state index in [1.807, 2.05) is 0 Å². The van der Waals surface area contributed by atoms with Gasteiger partial charge in [0.2, 0.25) is 5.91 Å². The zero-order valence-electron chi connectivity index (χ0n) is 9.24. The summed E-state index contributed by atoms with van der Waals surface area (Å²) in [6.45, 7) is 6.71. The van der Waals surface area contributed by atoms with Gasteiger partial charge in [-0.15, -0.1) is 0 Å². The fourth-order valence-corrected chi connectivity index (χ4v) is 2.28. The van der Waals surface area contributed by atoms with Gasteiger partial charge in [0.05, 0.1) is 0 Å². The number of carbonyl (C=O) groups is 1. The molecule has 3 nitrogen and oxygen atoms in total. The van der Waals surface area contributed by atoms with Crippen molar-refractivity contribution >= 4 is 5.91 Å². The van der Waals surface area contributed by atoms with Gasteiger partial charge in [0, 0.05) is 12.6 Å². The predicted octanol–water partition coefficient (Wildman–Crippen LogP) is 1.16. The van der Waals surface area contributed by atoms with Crippen LogP contribution < -0.4 is 5.32 Å². The molecule has 0 aromatic rings. The van der Waals surface area contributed by atoms with Crippen molar-refractivity contribution < 1.29 is 4.79 Å². The first-order valence-corrected chi connectivity index (χ1v) is 5.94. The van der Waals surface area contributed by atoms with Crippen LogP contribution >= 0.6 is 0 Å². The maximum atomic E-state index is 11.0. The van der Waals surface area contributed by atoms with Gasteiger partial charge in [-0.1, -0.05) is 6.58 Å². The molecule has 0 bridgehead atoms. The first-order valence-electron chi connectivity index (χ1n) is 5.94. The molecule has 0 spiro atoms. The molecule has 1 amide bonds. The summed E-state index contributed by atoms with van der Waals surface area (Å²) in [5.74, 6) is 0.628. The molecule has 1 saturated heterocycles. The van der Waals surface area contributed by atoms with Crippen LogP contribution in [-0.2, 0) is 4.79 Å². The van der Waals surface area contributed by atoms with E-state index < -0.39 is 0 Å². The molecule has 1 aliphatic carbocycles. The van der Waals surface area contributed by atoms with E-state index >= 15 is 0 Å². The van der Waals surface area contributed by atoms with Crippen molar-refractivity contribution in [3.8, 4) is 0 Å². The average Bonchev–Trinajstić information content (AvgIpc) is 3.10. The van der Waals surface area contributed by atoms with Gasteiger partial charge in [-0.05, 0) is 50.8 Å². The minimum absolute atomic E-state index is 0.0420. The Balaban J connectivity index is 1.64. The van der Waals surface area contributed by atoms with E-state index in [2.05, 4.69) is 16.8 Å². The van der Waals surface area contributed by atoms with Crippen LogP contribution in [0.2, 0.25) is 0 Å². The zero-order chi connectivity index (χ0) is 10.7. The molecule has 2 rings (SSSR count). The van der Waals surface area contributed by atoms with Gasteiger partial charge < -0.3 is 10.2 Å². The normalized spacial score (nSPS) is 23.7. The standard InChI is InChI=1S/C12H20N2O/c1-2-12(15)13-9-10-5-7-14(8-6-10)11-3-4-11/h2,10-11H,1,3-9H2,(H,13,15). The number of amides is 1. The van der Waals surface area contributed by atoms with Crippen LogP contribution in [0.1, 0.15) is 25.7 Å². The summed E-state index contributed by atoms with van der Waals surface area (Å²) in [6, 6.07) is 0.897. The molecule has 15 heavy (non-hydrogen) atoms. The van der Waals surface area contributed by atoms with Crippen molar-refractivity contribution in [1.29, 1.82) is 0 Å². The first-order chi connectivity index (χ1) is 7.29. The number of likely N-dealkylation sites (tertiary alicyclic amines) is 1. The number of hydrogen-bond acceptors (Lipinski definition) is 2. The van der Waals surface area contributed by atoms with E-state index in [0.717, 1.165) is 12.6 Å². The van der Waals surface area contributed by atoms with E-state index in [4.69, 9.17) is 0 Å². The fourth-order valence-electron chi connectivity index (χ4n) is 2.28. The maximum absolute atomic E-state index is 11.0. The number of nitrogens with zero attached hydrogens (tertiary/aromatic N) is 1. The van der Waals surface area contributed by atoms with Crippen LogP contribution in [0.3, 0.4) is 0 Å². The molecule has 1 N–H and O–H groups in total. The topological polar surface area (TPSA) is 32.3 Å². The van der Waals surface area contributed by atoms with Crippen molar-refractivity contribution in [3.63, 3.8) is 0 Å². The predicted molar refractivity (Wildman–Crippen MR) is 60.5 cm³/mol. The molecule has 1 saturated carbocycles. The Morgan fingerprint density at radius 1 is 1.33 bits per heavy atom. The Morgan fingerprint density at radius 3 is 2.53 bits per heavy atom. The molecule has 0 unspecified atom stereocenters. The highest BCUT2D eigenvalue weighted by molar-refractivity contribution is 5.86. The van der Waals surface area contributed by atoms with Gasteiger partial charge >= 0.3 is 0 Å². The second-order valence-corrected chi connectivity index (χ2v) is 4.66. The Hall–Kier alpha value is -0.830. The molecular weight excluding hydrogens is 188 g/mol. The molecule has 1 aliphatic heterocycles. The third-order valence-corrected chi connectivity index (χ3v) is 3.46. The van der Waals surface area contributed by atoms with Gasteiger partial charge in [0.25, 0.3) is 0 Å². The van der Waals surface area contributed by atoms with E-state index in [1.165, 1.54) is 44.8 Å². The Labute approximate surface area is 91.5 Å². The summed E-state index contributed by atoms with van der Waals surface area (Å²) >= 11 is 0. The molecule has 0 radical (unpaired) electrons. The summed E-state index contributed by atoms with van der Waals surface area (Å²) < 4.78 is 0. The van der Waals surface area contributed by atoms with Crippen LogP contribution in [-0.4, -0.2) is 36.5 Å². The number of carbonyl (C=O) groups excluding carboxylic acids is 1. The van der Waals surface area contributed by atoms with Crippen LogP contribution in [0.15, 0.2) is 12.7 Å². The van der Waals surface area contributed by atoms with Gasteiger partial charge in [-0.2, -0.15) is 0 Å². The second-order valence-electron chi connectivity index (χ2n) is 4.66. The summed E-state index contributed by atoms with van der Waals surface area (Å²) in [6.07, 6.45) is 6.61. The van der Waals surface area contributed by atoms with Crippen molar-refractivity contribution in [2.24, 2.45) is 5.92 Å². The fraction of sp³-hybridized carbons (Fsp3) is 0.750. The molecule has 0 aromatic carbocycles. The van der Waals surface area contributed by atoms with Gasteiger partial charge in [0.15, 0.2) is 0 Å². The summed E-state index contributed by atoms with van der Waals surface area (Å²) in [5, 5.41) is 2.89. The number of hydrogen-bond donors (Lipinski definition) is 1. The van der Waals surface area contributed by atoms with E-state index in [-0.39, 0.29) is 5.91 Å². The summed E-state index contributed by atoms with van der Waals surface area (Å²) in [7, 11) is 0. The lowest BCUT2D eigenvalue weighted by Crippen LogP contribution is -2.39. The summed E-state index contributed by atoms with van der Waals surface area (Å²) in [4.78, 5) is 13.6. The average molecular weight is 208 g/mol. The van der Waals surface area contributed by atoms with Crippen molar-refractivity contribution in [1.82, 2.24) is 10.2 Å². The van der Waals surface area contributed by atoms with Crippen LogP contribution in [0.25, 0.3) is 0 Å². The quantitative estimate of drug-likeness (QED) is 0.703. The molecular formula is C12H20N2O. The second kappa shape index (κ2) is 4.79. The van der Waals surface area contributed by atoms with Gasteiger partial charge in [0.1, 0.15) is 0 Å². The van der Waals surface area contributed by atoms with Crippen molar-refractivity contribution in [2.75, 3.05) is 19.6 Å². The van der Waals surface area contributed by atoms with Crippen molar-refractivity contribution in [3.05, 3.63) is 12.7 Å². The van der Waals surface area contributed by atoms with Crippen LogP contribution in [0, 0.1) is 5.92 Å².